The Bertz CT molecular complexity index is 331. The zero-order valence-electron chi connectivity index (χ0n) is 14.9. The van der Waals surface area contributed by atoms with Crippen LogP contribution in [0.15, 0.2) is 0 Å². The molecule has 0 aromatic rings. The van der Waals surface area contributed by atoms with Gasteiger partial charge < -0.3 is 19.9 Å². The van der Waals surface area contributed by atoms with Crippen molar-refractivity contribution in [3.8, 4) is 0 Å². The molecule has 2 heterocycles. The van der Waals surface area contributed by atoms with Gasteiger partial charge >= 0.3 is 0 Å². The molecular weight excluding hydrogens is 262 g/mol. The van der Waals surface area contributed by atoms with E-state index in [1.807, 2.05) is 0 Å². The van der Waals surface area contributed by atoms with Gasteiger partial charge in [0.05, 0.1) is 6.61 Å². The molecule has 3 unspecified atom stereocenters. The lowest BCUT2D eigenvalue weighted by molar-refractivity contribution is 0.109. The second-order valence-corrected chi connectivity index (χ2v) is 8.61. The topological polar surface area (TPSA) is 27.7 Å². The molecule has 0 saturated carbocycles. The van der Waals surface area contributed by atoms with E-state index in [0.29, 0.717) is 11.5 Å². The van der Waals surface area contributed by atoms with Crippen LogP contribution >= 0.6 is 0 Å². The van der Waals surface area contributed by atoms with E-state index in [1.54, 1.807) is 0 Å². The van der Waals surface area contributed by atoms with Crippen molar-refractivity contribution < 1.29 is 4.74 Å². The summed E-state index contributed by atoms with van der Waals surface area (Å²) in [6, 6.07) is 0.694. The number of likely N-dealkylation sites (N-methyl/N-ethyl adjacent to an activating group) is 1. The predicted octanol–water partition coefficient (Wildman–Crippen LogP) is 1.66. The third kappa shape index (κ3) is 4.65. The number of likely N-dealkylation sites (tertiary alicyclic amines) is 1. The second kappa shape index (κ2) is 6.53. The van der Waals surface area contributed by atoms with Gasteiger partial charge in [-0.15, -0.1) is 0 Å². The normalized spacial score (nSPS) is 35.0. The van der Waals surface area contributed by atoms with Crippen molar-refractivity contribution in [2.45, 2.75) is 45.7 Å². The van der Waals surface area contributed by atoms with Crippen LogP contribution in [0.2, 0.25) is 0 Å². The molecule has 0 amide bonds. The lowest BCUT2D eigenvalue weighted by Crippen LogP contribution is -2.49. The molecule has 2 saturated heterocycles. The first kappa shape index (κ1) is 17.2. The van der Waals surface area contributed by atoms with Crippen LogP contribution in [0.5, 0.6) is 0 Å². The van der Waals surface area contributed by atoms with Gasteiger partial charge in [0, 0.05) is 49.8 Å². The molecule has 0 aromatic heterocycles. The van der Waals surface area contributed by atoms with Crippen molar-refractivity contribution in [2.75, 3.05) is 53.5 Å². The summed E-state index contributed by atoms with van der Waals surface area (Å²) in [5.74, 6) is 0.759. The molecule has 2 fully saturated rings. The molecule has 21 heavy (non-hydrogen) atoms. The monoisotopic (exact) mass is 297 g/mol. The maximum absolute atomic E-state index is 5.76. The summed E-state index contributed by atoms with van der Waals surface area (Å²) in [5.41, 5.74) is 0.480. The van der Waals surface area contributed by atoms with Gasteiger partial charge in [-0.3, -0.25) is 0 Å². The molecule has 2 rings (SSSR count). The summed E-state index contributed by atoms with van der Waals surface area (Å²) in [4.78, 5) is 5.05. The van der Waals surface area contributed by atoms with Crippen LogP contribution in [0.25, 0.3) is 0 Å². The van der Waals surface area contributed by atoms with Crippen LogP contribution in [0.1, 0.15) is 34.1 Å². The van der Waals surface area contributed by atoms with Gasteiger partial charge in [0.15, 0.2) is 0 Å². The second-order valence-electron chi connectivity index (χ2n) is 8.61. The number of nitrogens with zero attached hydrogens (tertiary/aromatic N) is 2. The highest BCUT2D eigenvalue weighted by atomic mass is 16.5. The van der Waals surface area contributed by atoms with Crippen molar-refractivity contribution in [1.29, 1.82) is 0 Å². The number of ether oxygens (including phenoxy) is 1. The molecule has 0 aromatic carbocycles. The number of rotatable bonds is 5. The lowest BCUT2D eigenvalue weighted by atomic mass is 9.85. The first-order valence-corrected chi connectivity index (χ1v) is 8.42. The van der Waals surface area contributed by atoms with E-state index < -0.39 is 0 Å². The molecule has 1 N–H and O–H groups in total. The fourth-order valence-electron chi connectivity index (χ4n) is 3.75. The van der Waals surface area contributed by atoms with Crippen LogP contribution < -0.4 is 5.32 Å². The molecule has 124 valence electrons. The minimum Gasteiger partial charge on any atom is -0.381 e. The Morgan fingerprint density at radius 3 is 2.48 bits per heavy atom. The van der Waals surface area contributed by atoms with Crippen LogP contribution in [-0.4, -0.2) is 74.9 Å². The summed E-state index contributed by atoms with van der Waals surface area (Å²) < 4.78 is 5.76. The summed E-state index contributed by atoms with van der Waals surface area (Å²) >= 11 is 0. The summed E-state index contributed by atoms with van der Waals surface area (Å²) in [5, 5.41) is 3.71. The first-order chi connectivity index (χ1) is 9.71. The van der Waals surface area contributed by atoms with Crippen LogP contribution in [0, 0.1) is 11.3 Å². The lowest BCUT2D eigenvalue weighted by Gasteiger charge is -2.35. The van der Waals surface area contributed by atoms with Gasteiger partial charge in [0.2, 0.25) is 0 Å². The van der Waals surface area contributed by atoms with E-state index in [-0.39, 0.29) is 5.54 Å². The highest BCUT2D eigenvalue weighted by Crippen LogP contribution is 2.32. The highest BCUT2D eigenvalue weighted by molar-refractivity contribution is 4.94. The predicted molar refractivity (Wildman–Crippen MR) is 88.7 cm³/mol. The highest BCUT2D eigenvalue weighted by Gasteiger charge is 2.40. The smallest absolute Gasteiger partial charge is 0.0547 e. The maximum atomic E-state index is 5.76. The summed E-state index contributed by atoms with van der Waals surface area (Å²) in [6.45, 7) is 15.6. The van der Waals surface area contributed by atoms with E-state index >= 15 is 0 Å². The molecular formula is C17H35N3O. The Morgan fingerprint density at radius 2 is 2.00 bits per heavy atom. The van der Waals surface area contributed by atoms with Crippen molar-refractivity contribution in [2.24, 2.45) is 11.3 Å². The van der Waals surface area contributed by atoms with Crippen molar-refractivity contribution in [3.05, 3.63) is 0 Å². The van der Waals surface area contributed by atoms with Gasteiger partial charge in [0.1, 0.15) is 0 Å². The maximum Gasteiger partial charge on any atom is 0.0547 e. The average molecular weight is 297 g/mol. The van der Waals surface area contributed by atoms with E-state index in [0.717, 1.165) is 25.7 Å². The largest absolute Gasteiger partial charge is 0.381 e. The Labute approximate surface area is 131 Å². The Balaban J connectivity index is 1.94. The molecule has 0 aliphatic carbocycles. The fourth-order valence-corrected chi connectivity index (χ4v) is 3.75. The Hall–Kier alpha value is -0.160. The molecule has 2 aliphatic heterocycles. The quantitative estimate of drug-likeness (QED) is 0.835. The van der Waals surface area contributed by atoms with Gasteiger partial charge in [-0.05, 0) is 47.2 Å². The van der Waals surface area contributed by atoms with Crippen molar-refractivity contribution >= 4 is 0 Å². The van der Waals surface area contributed by atoms with Gasteiger partial charge in [0.25, 0.3) is 0 Å². The van der Waals surface area contributed by atoms with Gasteiger partial charge in [-0.1, -0.05) is 6.92 Å². The molecule has 0 bridgehead atoms. The molecule has 2 aliphatic rings. The molecule has 0 spiro atoms. The van der Waals surface area contributed by atoms with Crippen LogP contribution in [0.3, 0.4) is 0 Å². The number of nitrogens with one attached hydrogen (secondary N) is 1. The molecule has 4 heteroatoms. The molecule has 3 atom stereocenters. The molecule has 4 nitrogen and oxygen atoms in total. The zero-order valence-corrected chi connectivity index (χ0v) is 14.9. The summed E-state index contributed by atoms with van der Waals surface area (Å²) in [6.07, 6.45) is 1.19. The van der Waals surface area contributed by atoms with Crippen molar-refractivity contribution in [3.63, 3.8) is 0 Å². The van der Waals surface area contributed by atoms with E-state index in [1.165, 1.54) is 26.1 Å². The standard InChI is InChI=1S/C17H35N3O/c1-14-9-20(10-15(14)19(5)6)12-17(7-8-21-13-17)11-18-16(2,3)4/h14-15,18H,7-13H2,1-6H3. The third-order valence-corrected chi connectivity index (χ3v) is 5.05. The van der Waals surface area contributed by atoms with Crippen LogP contribution in [0.4, 0.5) is 0 Å². The minimum absolute atomic E-state index is 0.181. The summed E-state index contributed by atoms with van der Waals surface area (Å²) in [7, 11) is 4.42. The van der Waals surface area contributed by atoms with Gasteiger partial charge in [-0.25, -0.2) is 0 Å². The van der Waals surface area contributed by atoms with E-state index in [9.17, 15) is 0 Å². The molecule has 0 radical (unpaired) electrons. The number of hydrogen-bond donors (Lipinski definition) is 1. The number of hydrogen-bond acceptors (Lipinski definition) is 4. The minimum atomic E-state index is 0.181. The Morgan fingerprint density at radius 1 is 1.29 bits per heavy atom. The van der Waals surface area contributed by atoms with Gasteiger partial charge in [-0.2, -0.15) is 0 Å². The van der Waals surface area contributed by atoms with E-state index in [4.69, 9.17) is 4.74 Å². The van der Waals surface area contributed by atoms with Crippen LogP contribution in [-0.2, 0) is 4.74 Å². The zero-order chi connectivity index (χ0) is 15.7. The van der Waals surface area contributed by atoms with E-state index in [2.05, 4.69) is 56.9 Å². The Kier molecular flexibility index (Phi) is 5.35. The van der Waals surface area contributed by atoms with Crippen molar-refractivity contribution in [1.82, 2.24) is 15.1 Å². The average Bonchev–Trinajstić information content (AvgIpc) is 2.94. The fraction of sp³-hybridized carbons (Fsp3) is 1.00. The SMILES string of the molecule is CC1CN(CC2(CNC(C)(C)C)CCOC2)CC1N(C)C. The first-order valence-electron chi connectivity index (χ1n) is 8.42. The third-order valence-electron chi connectivity index (χ3n) is 5.05.